The number of anilines is 2. The van der Waals surface area contributed by atoms with Crippen molar-refractivity contribution < 1.29 is 22.7 Å². The van der Waals surface area contributed by atoms with Gasteiger partial charge in [-0.15, -0.1) is 0 Å². The molecule has 1 aliphatic rings. The van der Waals surface area contributed by atoms with Crippen LogP contribution in [0.3, 0.4) is 0 Å². The van der Waals surface area contributed by atoms with Crippen molar-refractivity contribution in [1.82, 2.24) is 4.98 Å². The maximum absolute atomic E-state index is 12.8. The van der Waals surface area contributed by atoms with Gasteiger partial charge in [0.05, 0.1) is 22.6 Å². The molecule has 12 heteroatoms. The molecule has 1 aliphatic heterocycles. The monoisotopic (exact) mass is 481 g/mol. The Morgan fingerprint density at radius 3 is 2.49 bits per heavy atom. The van der Waals surface area contributed by atoms with Crippen LogP contribution in [-0.4, -0.2) is 34.7 Å². The third kappa shape index (κ3) is 5.11. The molecule has 2 heterocycles. The molecule has 0 saturated heterocycles. The van der Waals surface area contributed by atoms with Crippen LogP contribution in [-0.2, 0) is 15.7 Å². The van der Waals surface area contributed by atoms with E-state index < -0.39 is 41.4 Å². The molecule has 2 aromatic carbocycles. The van der Waals surface area contributed by atoms with Crippen molar-refractivity contribution in [3.63, 3.8) is 0 Å². The van der Waals surface area contributed by atoms with Crippen molar-refractivity contribution in [2.24, 2.45) is 15.7 Å². The first-order valence-electron chi connectivity index (χ1n) is 10.1. The van der Waals surface area contributed by atoms with Gasteiger partial charge in [-0.05, 0) is 12.1 Å². The number of nitrogens with two attached hydrogens (primary N) is 2. The molecule has 0 radical (unpaired) electrons. The Hall–Kier alpha value is -4.74. The molecule has 178 valence electrons. The predicted molar refractivity (Wildman–Crippen MR) is 124 cm³/mol. The zero-order chi connectivity index (χ0) is 25.2. The van der Waals surface area contributed by atoms with Crippen LogP contribution in [0, 0.1) is 5.41 Å². The molecule has 1 aromatic heterocycles. The molecule has 0 spiro atoms. The number of ether oxygens (including phenoxy) is 1. The van der Waals surface area contributed by atoms with Crippen LogP contribution in [0.1, 0.15) is 22.4 Å². The highest BCUT2D eigenvalue weighted by atomic mass is 19.4. The Morgan fingerprint density at radius 1 is 1.11 bits per heavy atom. The molecule has 0 aliphatic carbocycles. The lowest BCUT2D eigenvalue weighted by Crippen LogP contribution is -2.29. The number of hydrogen-bond donors (Lipinski definition) is 4. The van der Waals surface area contributed by atoms with Crippen LogP contribution < -0.4 is 16.8 Å². The Morgan fingerprint density at radius 2 is 1.80 bits per heavy atom. The molecule has 0 saturated carbocycles. The average Bonchev–Trinajstić information content (AvgIpc) is 2.95. The number of halogens is 3. The summed E-state index contributed by atoms with van der Waals surface area (Å²) in [5.41, 5.74) is 11.9. The van der Waals surface area contributed by atoms with E-state index in [1.807, 2.05) is 30.3 Å². The summed E-state index contributed by atoms with van der Waals surface area (Å²) in [5.74, 6) is -1.35. The molecule has 9 nitrogen and oxygen atoms in total. The number of amidine groups is 1. The number of rotatable bonds is 3. The Bertz CT molecular complexity index is 1350. The van der Waals surface area contributed by atoms with Crippen molar-refractivity contribution in [1.29, 1.82) is 5.41 Å². The quantitative estimate of drug-likeness (QED) is 0.335. The number of nitrogen functional groups attached to an aromatic ring is 1. The van der Waals surface area contributed by atoms with E-state index in [9.17, 15) is 18.0 Å². The van der Waals surface area contributed by atoms with Gasteiger partial charge in [0.25, 0.3) is 11.9 Å². The average molecular weight is 481 g/mol. The van der Waals surface area contributed by atoms with E-state index in [1.165, 1.54) is 0 Å². The first-order valence-corrected chi connectivity index (χ1v) is 10.1. The zero-order valence-corrected chi connectivity index (χ0v) is 17.9. The highest BCUT2D eigenvalue weighted by molar-refractivity contribution is 6.19. The zero-order valence-electron chi connectivity index (χ0n) is 17.9. The molecule has 35 heavy (non-hydrogen) atoms. The minimum Gasteiger partial charge on any atom is -0.405 e. The van der Waals surface area contributed by atoms with E-state index in [0.717, 1.165) is 5.56 Å². The second-order valence-electron chi connectivity index (χ2n) is 7.31. The van der Waals surface area contributed by atoms with Crippen molar-refractivity contribution in [2.75, 3.05) is 11.1 Å². The molecule has 1 unspecified atom stereocenters. The van der Waals surface area contributed by atoms with Gasteiger partial charge in [-0.3, -0.25) is 10.2 Å². The number of nitrogens with one attached hydrogen (secondary N) is 2. The number of aliphatic imine (C=N–C) groups is 2. The summed E-state index contributed by atoms with van der Waals surface area (Å²) in [6.07, 6.45) is -5.51. The summed E-state index contributed by atoms with van der Waals surface area (Å²) in [6.45, 7) is 0. The number of benzene rings is 2. The lowest BCUT2D eigenvalue weighted by Gasteiger charge is -2.12. The number of carbonyl (C=O) groups is 1. The molecule has 6 N–H and O–H groups in total. The largest absolute Gasteiger partial charge is 0.417 e. The van der Waals surface area contributed by atoms with Crippen molar-refractivity contribution in [2.45, 2.75) is 12.3 Å². The maximum atomic E-state index is 12.8. The highest BCUT2D eigenvalue weighted by Crippen LogP contribution is 2.30. The highest BCUT2D eigenvalue weighted by Gasteiger charge is 2.32. The SMILES string of the molecule is N=C(O/C(N)=N/C1N=C(c2ccccc2)c2ccccc2NC1=O)c1ncc(C(F)(F)F)cc1N. The molecule has 3 aromatic rings. The second-order valence-corrected chi connectivity index (χ2v) is 7.31. The first kappa shape index (κ1) is 23.4. The number of carbonyl (C=O) groups excluding carboxylic acids is 1. The molecule has 0 bridgehead atoms. The molecule has 1 amide bonds. The Balaban J connectivity index is 1.63. The number of fused-ring (bicyclic) bond motifs is 1. The molecular weight excluding hydrogens is 463 g/mol. The number of hydrogen-bond acceptors (Lipinski definition) is 7. The number of benzodiazepines with no additional fused rings is 1. The molecule has 4 rings (SSSR count). The van der Waals surface area contributed by atoms with Gasteiger partial charge in [0.15, 0.2) is 0 Å². The van der Waals surface area contributed by atoms with E-state index in [1.54, 1.807) is 24.3 Å². The fourth-order valence-corrected chi connectivity index (χ4v) is 3.29. The van der Waals surface area contributed by atoms with Gasteiger partial charge in [0.1, 0.15) is 5.69 Å². The minimum atomic E-state index is -4.65. The number of para-hydroxylation sites is 1. The summed E-state index contributed by atoms with van der Waals surface area (Å²) >= 11 is 0. The maximum Gasteiger partial charge on any atom is 0.417 e. The standard InChI is InChI=1S/C23H18F3N7O2/c24-23(25,26)13-10-15(27)18(30-11-13)19(28)35-22(29)33-20-21(34)31-16-9-5-4-8-14(16)17(32-20)12-6-2-1-3-7-12/h1-11,20,28H,27H2,(H2,29,33)(H,31,34). The number of pyridine rings is 1. The van der Waals surface area contributed by atoms with Crippen molar-refractivity contribution in [3.8, 4) is 0 Å². The number of alkyl halides is 3. The first-order chi connectivity index (χ1) is 16.6. The number of nitrogens with zero attached hydrogens (tertiary/aromatic N) is 3. The normalized spacial score (nSPS) is 16.0. The summed E-state index contributed by atoms with van der Waals surface area (Å²) in [6, 6.07) is 16.2. The van der Waals surface area contributed by atoms with Crippen LogP contribution >= 0.6 is 0 Å². The Labute approximate surface area is 196 Å². The fourth-order valence-electron chi connectivity index (χ4n) is 3.29. The van der Waals surface area contributed by atoms with Crippen LogP contribution in [0.5, 0.6) is 0 Å². The minimum absolute atomic E-state index is 0.373. The van der Waals surface area contributed by atoms with Crippen molar-refractivity contribution >= 4 is 34.9 Å². The summed E-state index contributed by atoms with van der Waals surface area (Å²) in [5, 5.41) is 10.7. The van der Waals surface area contributed by atoms with Crippen LogP contribution in [0.2, 0.25) is 0 Å². The van der Waals surface area contributed by atoms with Crippen LogP contribution in [0.15, 0.2) is 76.8 Å². The van der Waals surface area contributed by atoms with Gasteiger partial charge >= 0.3 is 6.18 Å². The number of amides is 1. The third-order valence-corrected chi connectivity index (χ3v) is 4.89. The van der Waals surface area contributed by atoms with Crippen LogP contribution in [0.25, 0.3) is 0 Å². The van der Waals surface area contributed by atoms with Gasteiger partial charge in [-0.1, -0.05) is 48.5 Å². The van der Waals surface area contributed by atoms with E-state index in [0.29, 0.717) is 29.2 Å². The lowest BCUT2D eigenvalue weighted by atomic mass is 10.0. The topological polar surface area (TPSA) is 152 Å². The number of aromatic nitrogens is 1. The van der Waals surface area contributed by atoms with Gasteiger partial charge in [-0.25, -0.2) is 9.98 Å². The third-order valence-electron chi connectivity index (χ3n) is 4.89. The Kier molecular flexibility index (Phi) is 6.19. The fraction of sp³-hybridized carbons (Fsp3) is 0.0870. The summed E-state index contributed by atoms with van der Waals surface area (Å²) in [7, 11) is 0. The molecule has 1 atom stereocenters. The summed E-state index contributed by atoms with van der Waals surface area (Å²) in [4.78, 5) is 24.8. The van der Waals surface area contributed by atoms with E-state index in [4.69, 9.17) is 21.6 Å². The van der Waals surface area contributed by atoms with Crippen molar-refractivity contribution in [3.05, 3.63) is 89.2 Å². The smallest absolute Gasteiger partial charge is 0.405 e. The molecule has 0 fully saturated rings. The molecular formula is C23H18F3N7O2. The van der Waals surface area contributed by atoms with E-state index in [2.05, 4.69) is 20.3 Å². The van der Waals surface area contributed by atoms with Gasteiger partial charge in [0, 0.05) is 17.3 Å². The predicted octanol–water partition coefficient (Wildman–Crippen LogP) is 3.16. The summed E-state index contributed by atoms with van der Waals surface area (Å²) < 4.78 is 43.6. The van der Waals surface area contributed by atoms with Gasteiger partial charge in [-0.2, -0.15) is 18.2 Å². The van der Waals surface area contributed by atoms with Crippen LogP contribution in [0.4, 0.5) is 24.5 Å². The lowest BCUT2D eigenvalue weighted by molar-refractivity contribution is -0.137. The van der Waals surface area contributed by atoms with Gasteiger partial charge < -0.3 is 21.5 Å². The van der Waals surface area contributed by atoms with E-state index >= 15 is 0 Å². The van der Waals surface area contributed by atoms with E-state index in [-0.39, 0.29) is 5.69 Å². The van der Waals surface area contributed by atoms with Gasteiger partial charge in [0.2, 0.25) is 12.1 Å². The second kappa shape index (κ2) is 9.25.